The van der Waals surface area contributed by atoms with Gasteiger partial charge in [0.25, 0.3) is 0 Å². The van der Waals surface area contributed by atoms with Gasteiger partial charge in [0.15, 0.2) is 0 Å². The number of hydrogen-bond donors (Lipinski definition) is 3. The number of benzene rings is 2. The summed E-state index contributed by atoms with van der Waals surface area (Å²) in [6.45, 7) is 3.92. The third kappa shape index (κ3) is 6.06. The van der Waals surface area contributed by atoms with Gasteiger partial charge in [0.05, 0.1) is 18.3 Å². The van der Waals surface area contributed by atoms with Crippen LogP contribution < -0.4 is 14.8 Å². The van der Waals surface area contributed by atoms with Crippen LogP contribution in [0.15, 0.2) is 60.8 Å². The highest BCUT2D eigenvalue weighted by atomic mass is 35.5. The fourth-order valence-corrected chi connectivity index (χ4v) is 5.33. The molecule has 0 aliphatic carbocycles. The lowest BCUT2D eigenvalue weighted by Crippen LogP contribution is -2.59. The molecule has 5 rings (SSSR count). The number of pyridine rings is 1. The molecule has 2 aromatic carbocycles. The van der Waals surface area contributed by atoms with E-state index >= 15 is 0 Å². The van der Waals surface area contributed by atoms with Gasteiger partial charge in [-0.1, -0.05) is 55.8 Å². The van der Waals surface area contributed by atoms with Crippen molar-refractivity contribution < 1.29 is 27.8 Å². The van der Waals surface area contributed by atoms with Gasteiger partial charge in [-0.05, 0) is 47.6 Å². The van der Waals surface area contributed by atoms with Gasteiger partial charge in [-0.2, -0.15) is 13.2 Å². The first-order valence-corrected chi connectivity index (χ1v) is 13.5. The Morgan fingerprint density at radius 1 is 1.12 bits per heavy atom. The van der Waals surface area contributed by atoms with Gasteiger partial charge in [0.2, 0.25) is 11.6 Å². The Bertz CT molecular complexity index is 1490. The molecular weight excluding hydrogens is 543 g/mol. The van der Waals surface area contributed by atoms with Crippen LogP contribution in [0.25, 0.3) is 10.9 Å². The van der Waals surface area contributed by atoms with Crippen molar-refractivity contribution in [2.45, 2.75) is 63.6 Å². The number of nitrogens with one attached hydrogen (secondary N) is 2. The van der Waals surface area contributed by atoms with Crippen LogP contribution in [0.3, 0.4) is 0 Å². The summed E-state index contributed by atoms with van der Waals surface area (Å²) in [5.74, 6) is 0.986. The van der Waals surface area contributed by atoms with Gasteiger partial charge < -0.3 is 19.6 Å². The number of aromatic amines is 1. The molecule has 40 heavy (non-hydrogen) atoms. The van der Waals surface area contributed by atoms with Crippen LogP contribution in [0.2, 0.25) is 5.02 Å². The van der Waals surface area contributed by atoms with Gasteiger partial charge in [-0.25, -0.2) is 4.98 Å². The van der Waals surface area contributed by atoms with E-state index in [0.717, 1.165) is 29.4 Å². The lowest BCUT2D eigenvalue weighted by molar-refractivity contribution is -0.280. The zero-order valence-electron chi connectivity index (χ0n) is 22.2. The number of aliphatic hydroxyl groups is 1. The monoisotopic (exact) mass is 573 g/mol. The van der Waals surface area contributed by atoms with E-state index in [1.165, 1.54) is 0 Å². The van der Waals surface area contributed by atoms with E-state index in [9.17, 15) is 18.3 Å². The van der Waals surface area contributed by atoms with Crippen molar-refractivity contribution in [3.63, 3.8) is 0 Å². The van der Waals surface area contributed by atoms with Gasteiger partial charge in [0, 0.05) is 40.7 Å². The van der Waals surface area contributed by atoms with Crippen LogP contribution in [-0.2, 0) is 25.0 Å². The Morgan fingerprint density at radius 3 is 2.65 bits per heavy atom. The zero-order valence-corrected chi connectivity index (χ0v) is 23.0. The smallest absolute Gasteiger partial charge is 0.431 e. The number of halogens is 4. The van der Waals surface area contributed by atoms with E-state index in [1.807, 2.05) is 30.3 Å². The molecule has 1 aliphatic heterocycles. The molecule has 1 aliphatic rings. The van der Waals surface area contributed by atoms with Gasteiger partial charge in [0.1, 0.15) is 12.4 Å². The maximum atomic E-state index is 14.3. The van der Waals surface area contributed by atoms with E-state index in [4.69, 9.17) is 21.1 Å². The molecule has 3 N–H and O–H groups in total. The number of nitrogens with zero attached hydrogens (tertiary/aromatic N) is 1. The van der Waals surface area contributed by atoms with Crippen molar-refractivity contribution in [2.75, 3.05) is 6.61 Å². The summed E-state index contributed by atoms with van der Waals surface area (Å²) in [5, 5.41) is 14.5. The number of fused-ring (bicyclic) bond motifs is 2. The number of rotatable bonds is 9. The molecule has 1 unspecified atom stereocenters. The number of alkyl halides is 3. The molecule has 1 atom stereocenters. The first-order valence-electron chi connectivity index (χ1n) is 13.1. The lowest BCUT2D eigenvalue weighted by Gasteiger charge is -2.38. The average molecular weight is 574 g/mol. The quantitative estimate of drug-likeness (QED) is 0.191. The second kappa shape index (κ2) is 11.0. The Hall–Kier alpha value is -3.27. The standard InChI is InChI=1S/C30H31ClF3N3O3/c1-28(2,21-13-24(31)23-9-6-10-39-26(23)14-21)18-29(38,30(32,33)34)36-15-22-11-20-12-27(35-16-25(20)37-22)40-17-19-7-4-3-5-8-19/h3-5,7-8,11-14,16,36-38H,6,9-10,15,17-18H2,1-2H3. The van der Waals surface area contributed by atoms with Crippen molar-refractivity contribution in [2.24, 2.45) is 0 Å². The highest BCUT2D eigenvalue weighted by Gasteiger charge is 2.56. The van der Waals surface area contributed by atoms with Crippen molar-refractivity contribution >= 4 is 22.5 Å². The summed E-state index contributed by atoms with van der Waals surface area (Å²) < 4.78 is 54.3. The van der Waals surface area contributed by atoms with E-state index in [-0.39, 0.29) is 6.54 Å². The SMILES string of the molecule is CC(C)(CC(O)(NCc1cc2cc(OCc3ccccc3)ncc2[nH]1)C(F)(F)F)c1cc(Cl)c2c(c1)OCCC2. The van der Waals surface area contributed by atoms with Crippen LogP contribution in [-0.4, -0.2) is 33.6 Å². The van der Waals surface area contributed by atoms with Crippen LogP contribution in [0, 0.1) is 0 Å². The van der Waals surface area contributed by atoms with E-state index in [2.05, 4.69) is 15.3 Å². The van der Waals surface area contributed by atoms with Crippen molar-refractivity contribution in [3.05, 3.63) is 88.2 Å². The molecule has 0 radical (unpaired) electrons. The first-order chi connectivity index (χ1) is 18.9. The van der Waals surface area contributed by atoms with E-state index < -0.39 is 23.7 Å². The minimum Gasteiger partial charge on any atom is -0.493 e. The van der Waals surface area contributed by atoms with Crippen LogP contribution in [0.4, 0.5) is 13.2 Å². The summed E-state index contributed by atoms with van der Waals surface area (Å²) in [6, 6.07) is 16.5. The number of H-pyrrole nitrogens is 1. The highest BCUT2D eigenvalue weighted by Crippen LogP contribution is 2.43. The Kier molecular flexibility index (Phi) is 7.74. The molecule has 10 heteroatoms. The summed E-state index contributed by atoms with van der Waals surface area (Å²) >= 11 is 6.46. The third-order valence-corrected chi connectivity index (χ3v) is 7.61. The molecular formula is C30H31ClF3N3O3. The number of hydrogen-bond acceptors (Lipinski definition) is 5. The van der Waals surface area contributed by atoms with Crippen LogP contribution >= 0.6 is 11.6 Å². The minimum absolute atomic E-state index is 0.255. The molecule has 3 heterocycles. The maximum Gasteiger partial charge on any atom is 0.431 e. The summed E-state index contributed by atoms with van der Waals surface area (Å²) in [6.07, 6.45) is -2.43. The molecule has 0 bridgehead atoms. The highest BCUT2D eigenvalue weighted by molar-refractivity contribution is 6.31. The number of aromatic nitrogens is 2. The van der Waals surface area contributed by atoms with Crippen LogP contribution in [0.5, 0.6) is 11.6 Å². The van der Waals surface area contributed by atoms with Crippen molar-refractivity contribution in [1.29, 1.82) is 0 Å². The second-order valence-electron chi connectivity index (χ2n) is 10.8. The molecule has 6 nitrogen and oxygen atoms in total. The Balaban J connectivity index is 1.31. The molecule has 0 saturated carbocycles. The molecule has 0 fully saturated rings. The fourth-order valence-electron chi connectivity index (χ4n) is 5.03. The number of ether oxygens (including phenoxy) is 2. The average Bonchev–Trinajstić information content (AvgIpc) is 3.33. The van der Waals surface area contributed by atoms with Crippen molar-refractivity contribution in [3.8, 4) is 11.6 Å². The Labute approximate surface area is 235 Å². The normalized spacial score (nSPS) is 15.4. The minimum atomic E-state index is -4.94. The van der Waals surface area contributed by atoms with Crippen molar-refractivity contribution in [1.82, 2.24) is 15.3 Å². The summed E-state index contributed by atoms with van der Waals surface area (Å²) in [5.41, 5.74) is -0.749. The van der Waals surface area contributed by atoms with Crippen LogP contribution in [0.1, 0.15) is 49.1 Å². The predicted molar refractivity (Wildman–Crippen MR) is 148 cm³/mol. The van der Waals surface area contributed by atoms with Gasteiger partial charge in [-0.15, -0.1) is 0 Å². The largest absolute Gasteiger partial charge is 0.493 e. The summed E-state index contributed by atoms with van der Waals surface area (Å²) in [7, 11) is 0. The lowest BCUT2D eigenvalue weighted by atomic mass is 9.77. The molecule has 212 valence electrons. The molecule has 0 saturated heterocycles. The fraction of sp³-hybridized carbons (Fsp3) is 0.367. The third-order valence-electron chi connectivity index (χ3n) is 7.27. The summed E-state index contributed by atoms with van der Waals surface area (Å²) in [4.78, 5) is 7.34. The molecule has 2 aromatic heterocycles. The topological polar surface area (TPSA) is 79.4 Å². The zero-order chi connectivity index (χ0) is 28.5. The van der Waals surface area contributed by atoms with E-state index in [1.54, 1.807) is 44.3 Å². The maximum absolute atomic E-state index is 14.3. The first kappa shape index (κ1) is 28.3. The van der Waals surface area contributed by atoms with E-state index in [0.29, 0.717) is 46.6 Å². The van der Waals surface area contributed by atoms with Gasteiger partial charge in [-0.3, -0.25) is 5.32 Å². The molecule has 0 amide bonds. The predicted octanol–water partition coefficient (Wildman–Crippen LogP) is 6.83. The van der Waals surface area contributed by atoms with Gasteiger partial charge >= 0.3 is 6.18 Å². The second-order valence-corrected chi connectivity index (χ2v) is 11.2. The molecule has 4 aromatic rings. The molecule has 0 spiro atoms. The Morgan fingerprint density at radius 2 is 1.90 bits per heavy atom.